The number of carbonyl (C=O) groups is 1. The van der Waals surface area contributed by atoms with Gasteiger partial charge in [-0.2, -0.15) is 5.10 Å². The van der Waals surface area contributed by atoms with Gasteiger partial charge in [0.1, 0.15) is 12.2 Å². The van der Waals surface area contributed by atoms with Crippen molar-refractivity contribution in [3.05, 3.63) is 42.5 Å². The normalized spacial score (nSPS) is 24.8. The third-order valence-corrected chi connectivity index (χ3v) is 4.84. The molecule has 4 heterocycles. The van der Waals surface area contributed by atoms with Crippen LogP contribution in [0, 0.1) is 0 Å². The van der Waals surface area contributed by atoms with Gasteiger partial charge >= 0.3 is 0 Å². The molecule has 0 N–H and O–H groups in total. The quantitative estimate of drug-likeness (QED) is 0.794. The average molecular weight is 357 g/mol. The maximum atomic E-state index is 12.4. The van der Waals surface area contributed by atoms with Crippen LogP contribution in [0.15, 0.2) is 36.9 Å². The Labute approximate surface area is 152 Å². The van der Waals surface area contributed by atoms with E-state index in [-0.39, 0.29) is 12.5 Å². The number of rotatable bonds is 3. The summed E-state index contributed by atoms with van der Waals surface area (Å²) in [5, 5.41) is 4.18. The second kappa shape index (κ2) is 7.14. The highest BCUT2D eigenvalue weighted by Crippen LogP contribution is 2.27. The van der Waals surface area contributed by atoms with Gasteiger partial charge in [-0.1, -0.05) is 0 Å². The molecule has 1 atom stereocenters. The number of amides is 1. The first kappa shape index (κ1) is 17.1. The number of carbonyl (C=O) groups excluding carboxylic acids is 1. The smallest absolute Gasteiger partial charge is 0.253 e. The first-order valence-electron chi connectivity index (χ1n) is 8.76. The van der Waals surface area contributed by atoms with E-state index < -0.39 is 5.60 Å². The van der Waals surface area contributed by atoms with E-state index in [1.165, 1.54) is 5.56 Å². The number of morpholine rings is 1. The molecule has 2 aromatic heterocycles. The zero-order valence-corrected chi connectivity index (χ0v) is 14.9. The highest BCUT2D eigenvalue weighted by molar-refractivity contribution is 5.94. The van der Waals surface area contributed by atoms with Crippen molar-refractivity contribution in [3.8, 4) is 0 Å². The molecule has 8 nitrogen and oxygen atoms in total. The van der Waals surface area contributed by atoms with Gasteiger partial charge in [-0.25, -0.2) is 0 Å². The summed E-state index contributed by atoms with van der Waals surface area (Å²) >= 11 is 0. The van der Waals surface area contributed by atoms with E-state index in [1.807, 2.05) is 25.4 Å². The Hall–Kier alpha value is -2.29. The molecule has 4 rings (SSSR count). The number of pyridine rings is 1. The summed E-state index contributed by atoms with van der Waals surface area (Å²) in [6.07, 6.45) is 7.17. The number of aromatic nitrogens is 3. The topological polar surface area (TPSA) is 72.7 Å². The van der Waals surface area contributed by atoms with Gasteiger partial charge in [0, 0.05) is 45.3 Å². The molecule has 1 unspecified atom stereocenters. The Morgan fingerprint density at radius 2 is 2.12 bits per heavy atom. The largest absolute Gasteiger partial charge is 0.377 e. The Bertz CT molecular complexity index is 765. The van der Waals surface area contributed by atoms with Gasteiger partial charge in [0.25, 0.3) is 5.91 Å². The molecule has 1 amide bonds. The summed E-state index contributed by atoms with van der Waals surface area (Å²) in [5.41, 5.74) is 1.46. The minimum atomic E-state index is -0.534. The zero-order chi connectivity index (χ0) is 18.0. The maximum Gasteiger partial charge on any atom is 0.253 e. The van der Waals surface area contributed by atoms with Crippen LogP contribution in [0.4, 0.5) is 5.69 Å². The van der Waals surface area contributed by atoms with Crippen molar-refractivity contribution in [1.82, 2.24) is 19.7 Å². The van der Waals surface area contributed by atoms with Crippen molar-refractivity contribution in [2.45, 2.75) is 12.1 Å². The molecular weight excluding hydrogens is 334 g/mol. The second-order valence-corrected chi connectivity index (χ2v) is 6.94. The van der Waals surface area contributed by atoms with E-state index in [4.69, 9.17) is 9.47 Å². The van der Waals surface area contributed by atoms with Crippen LogP contribution in [0.25, 0.3) is 0 Å². The minimum Gasteiger partial charge on any atom is -0.377 e. The number of aryl methyl sites for hydroxylation is 1. The summed E-state index contributed by atoms with van der Waals surface area (Å²) < 4.78 is 13.6. The summed E-state index contributed by atoms with van der Waals surface area (Å²) in [7, 11) is 1.84. The lowest BCUT2D eigenvalue weighted by Gasteiger charge is -2.42. The molecule has 2 saturated heterocycles. The molecule has 2 aliphatic rings. The van der Waals surface area contributed by atoms with Crippen molar-refractivity contribution in [2.24, 2.45) is 7.05 Å². The number of anilines is 1. The predicted molar refractivity (Wildman–Crippen MR) is 94.6 cm³/mol. The lowest BCUT2D eigenvalue weighted by atomic mass is 10.0. The van der Waals surface area contributed by atoms with Gasteiger partial charge in [-0.05, 0) is 17.7 Å². The third-order valence-electron chi connectivity index (χ3n) is 4.84. The van der Waals surface area contributed by atoms with Crippen LogP contribution in [0.5, 0.6) is 0 Å². The van der Waals surface area contributed by atoms with Gasteiger partial charge in [-0.15, -0.1) is 0 Å². The van der Waals surface area contributed by atoms with E-state index >= 15 is 0 Å². The molecule has 0 aromatic carbocycles. The van der Waals surface area contributed by atoms with Gasteiger partial charge in [0.15, 0.2) is 0 Å². The number of ether oxygens (including phenoxy) is 2. The minimum absolute atomic E-state index is 0.0476. The van der Waals surface area contributed by atoms with Crippen LogP contribution in [0.3, 0.4) is 0 Å². The number of nitrogens with zero attached hydrogens (tertiary/aromatic N) is 5. The Morgan fingerprint density at radius 3 is 2.88 bits per heavy atom. The monoisotopic (exact) mass is 357 g/mol. The molecule has 138 valence electrons. The van der Waals surface area contributed by atoms with E-state index in [0.29, 0.717) is 26.3 Å². The molecule has 0 bridgehead atoms. The first-order valence-corrected chi connectivity index (χ1v) is 8.76. The molecule has 1 spiro atoms. The molecular formula is C18H23N5O3. The molecule has 0 saturated carbocycles. The van der Waals surface area contributed by atoms with Crippen LogP contribution in [0.2, 0.25) is 0 Å². The summed E-state index contributed by atoms with van der Waals surface area (Å²) in [5.74, 6) is -0.0476. The molecule has 26 heavy (non-hydrogen) atoms. The van der Waals surface area contributed by atoms with Crippen LogP contribution >= 0.6 is 0 Å². The van der Waals surface area contributed by atoms with E-state index in [0.717, 1.165) is 18.8 Å². The number of hydrogen-bond acceptors (Lipinski definition) is 6. The molecule has 2 aromatic rings. The van der Waals surface area contributed by atoms with Gasteiger partial charge in [0.05, 0.1) is 31.6 Å². The van der Waals surface area contributed by atoms with Crippen LogP contribution in [0.1, 0.15) is 5.56 Å². The third kappa shape index (κ3) is 3.62. The molecule has 0 aliphatic carbocycles. The standard InChI is InChI=1S/C18H23N5O3/c1-21-10-16(8-20-21)23-13-18(26-11-17(23)24)12-22(6-7-25-14-18)9-15-2-4-19-5-3-15/h2-5,8,10H,6-7,9,11-14H2,1H3. The van der Waals surface area contributed by atoms with Gasteiger partial charge in [-0.3, -0.25) is 19.4 Å². The fourth-order valence-corrected chi connectivity index (χ4v) is 3.55. The van der Waals surface area contributed by atoms with Crippen molar-refractivity contribution in [2.75, 3.05) is 44.4 Å². The van der Waals surface area contributed by atoms with Crippen molar-refractivity contribution in [1.29, 1.82) is 0 Å². The van der Waals surface area contributed by atoms with Gasteiger partial charge < -0.3 is 14.4 Å². The maximum absolute atomic E-state index is 12.4. The summed E-state index contributed by atoms with van der Waals surface area (Å²) in [6.45, 7) is 3.98. The number of hydrogen-bond donors (Lipinski definition) is 0. The Morgan fingerprint density at radius 1 is 1.27 bits per heavy atom. The highest BCUT2D eigenvalue weighted by Gasteiger charge is 2.43. The van der Waals surface area contributed by atoms with Crippen LogP contribution < -0.4 is 4.90 Å². The van der Waals surface area contributed by atoms with Crippen LogP contribution in [-0.2, 0) is 27.9 Å². The lowest BCUT2D eigenvalue weighted by molar-refractivity contribution is -0.146. The van der Waals surface area contributed by atoms with Gasteiger partial charge in [0.2, 0.25) is 0 Å². The lowest BCUT2D eigenvalue weighted by Crippen LogP contribution is -2.60. The van der Waals surface area contributed by atoms with E-state index in [2.05, 4.69) is 15.0 Å². The van der Waals surface area contributed by atoms with Crippen LogP contribution in [-0.4, -0.2) is 70.6 Å². The fourth-order valence-electron chi connectivity index (χ4n) is 3.55. The average Bonchev–Trinajstić information content (AvgIpc) is 2.98. The Balaban J connectivity index is 1.52. The van der Waals surface area contributed by atoms with Crippen molar-refractivity contribution < 1.29 is 14.3 Å². The molecule has 8 heteroatoms. The van der Waals surface area contributed by atoms with Crippen molar-refractivity contribution in [3.63, 3.8) is 0 Å². The molecule has 2 aliphatic heterocycles. The predicted octanol–water partition coefficient (Wildman–Crippen LogP) is 0.449. The second-order valence-electron chi connectivity index (χ2n) is 6.94. The molecule has 2 fully saturated rings. The van der Waals surface area contributed by atoms with E-state index in [9.17, 15) is 4.79 Å². The first-order chi connectivity index (χ1) is 12.6. The Kier molecular flexibility index (Phi) is 4.71. The fraction of sp³-hybridized carbons (Fsp3) is 0.500. The summed E-state index contributed by atoms with van der Waals surface area (Å²) in [4.78, 5) is 20.5. The summed E-state index contributed by atoms with van der Waals surface area (Å²) in [6, 6.07) is 4.04. The highest BCUT2D eigenvalue weighted by atomic mass is 16.6. The van der Waals surface area contributed by atoms with Crippen molar-refractivity contribution >= 4 is 11.6 Å². The SMILES string of the molecule is Cn1cc(N2CC3(COCCN(Cc4ccncc4)C3)OCC2=O)cn1. The van der Waals surface area contributed by atoms with E-state index in [1.54, 1.807) is 28.2 Å². The molecule has 0 radical (unpaired) electrons. The zero-order valence-electron chi connectivity index (χ0n) is 14.9.